The molecule has 0 saturated carbocycles. The van der Waals surface area contributed by atoms with Crippen LogP contribution in [0.2, 0.25) is 0 Å². The molecule has 2 nitrogen and oxygen atoms in total. The number of hydrogen-bond acceptors (Lipinski definition) is 1. The molecule has 4 heteroatoms. The van der Waals surface area contributed by atoms with Crippen LogP contribution in [0.1, 0.15) is 47.9 Å². The second-order valence-corrected chi connectivity index (χ2v) is 11.7. The molecule has 0 N–H and O–H groups in total. The molecule has 0 bridgehead atoms. The van der Waals surface area contributed by atoms with Gasteiger partial charge in [0, 0.05) is 24.5 Å². The first-order valence-corrected chi connectivity index (χ1v) is 16.0. The molecule has 1 heterocycles. The lowest BCUT2D eigenvalue weighted by Gasteiger charge is -2.18. The molecule has 0 aliphatic carbocycles. The van der Waals surface area contributed by atoms with Gasteiger partial charge < -0.3 is 4.57 Å². The molecular weight excluding hydrogens is 499 g/mol. The lowest BCUT2D eigenvalue weighted by atomic mass is 9.65. The molecule has 197 valence electrons. The number of nitrogens with zero attached hydrogens (tertiary/aromatic N) is 2. The first kappa shape index (κ1) is 27.4. The van der Waals surface area contributed by atoms with Gasteiger partial charge in [-0.3, -0.25) is 4.98 Å². The molecule has 0 aliphatic rings. The van der Waals surface area contributed by atoms with Crippen molar-refractivity contribution in [1.29, 1.82) is 0 Å². The summed E-state index contributed by atoms with van der Waals surface area (Å²) in [5.74, 6) is 0.426. The van der Waals surface area contributed by atoms with Gasteiger partial charge in [-0.05, 0) is 42.0 Å². The zero-order valence-electron chi connectivity index (χ0n) is 23.2. The van der Waals surface area contributed by atoms with Crippen LogP contribution >= 0.6 is 0 Å². The van der Waals surface area contributed by atoms with E-state index in [1.807, 2.05) is 6.20 Å². The van der Waals surface area contributed by atoms with Gasteiger partial charge >= 0.3 is 0 Å². The molecule has 5 aromatic rings. The van der Waals surface area contributed by atoms with Gasteiger partial charge in [-0.2, -0.15) is 0 Å². The third-order valence-corrected chi connectivity index (χ3v) is 9.08. The molecule has 4 aromatic carbocycles. The molecule has 5 rings (SSSR count). The normalized spacial score (nSPS) is 12.3. The van der Waals surface area contributed by atoms with E-state index < -0.39 is 9.52 Å². The minimum Gasteiger partial charge on any atom is -0.346 e. The van der Waals surface area contributed by atoms with Crippen molar-refractivity contribution < 1.29 is 0 Å². The van der Waals surface area contributed by atoms with Gasteiger partial charge in [0.2, 0.25) is 7.28 Å². The van der Waals surface area contributed by atoms with E-state index in [1.165, 1.54) is 33.3 Å². The maximum absolute atomic E-state index is 4.72. The topological polar surface area (TPSA) is 17.8 Å². The fraction of sp³-hybridized carbons (Fsp3) is 0.139. The van der Waals surface area contributed by atoms with Crippen LogP contribution in [-0.2, 0) is 6.17 Å². The molecule has 0 aliphatic heterocycles. The van der Waals surface area contributed by atoms with Gasteiger partial charge in [-0.1, -0.05) is 138 Å². The van der Waals surface area contributed by atoms with E-state index >= 15 is 0 Å². The minimum absolute atomic E-state index is 0.426. The highest BCUT2D eigenvalue weighted by atomic mass is 28.2. The van der Waals surface area contributed by atoms with Crippen molar-refractivity contribution in [3.63, 3.8) is 0 Å². The maximum Gasteiger partial charge on any atom is 0.241 e. The van der Waals surface area contributed by atoms with Gasteiger partial charge in [-0.25, -0.2) is 0 Å². The number of imidazole rings is 1. The monoisotopic (exact) mass is 535 g/mol. The molecule has 1 radical (unpaired) electrons. The van der Waals surface area contributed by atoms with Crippen LogP contribution in [0, 0.1) is 0 Å². The Morgan fingerprint density at radius 2 is 1.38 bits per heavy atom. The zero-order valence-corrected chi connectivity index (χ0v) is 24.6. The average Bonchev–Trinajstić information content (AvgIpc) is 3.45. The van der Waals surface area contributed by atoms with Crippen molar-refractivity contribution in [2.75, 3.05) is 0 Å². The number of benzene rings is 4. The molecule has 0 spiro atoms. The van der Waals surface area contributed by atoms with Gasteiger partial charge in [0.25, 0.3) is 0 Å². The van der Waals surface area contributed by atoms with Crippen molar-refractivity contribution in [1.82, 2.24) is 9.55 Å². The van der Waals surface area contributed by atoms with Crippen molar-refractivity contribution in [3.8, 4) is 0 Å². The third-order valence-electron chi connectivity index (χ3n) is 7.36. The van der Waals surface area contributed by atoms with Crippen molar-refractivity contribution in [2.24, 2.45) is 0 Å². The Kier molecular flexibility index (Phi) is 9.80. The number of hydrogen-bond donors (Lipinski definition) is 0. The second kappa shape index (κ2) is 14.3. The highest BCUT2D eigenvalue weighted by Crippen LogP contribution is 2.30. The molecule has 0 unspecified atom stereocenters. The van der Waals surface area contributed by atoms with Crippen LogP contribution in [-0.4, -0.2) is 26.4 Å². The van der Waals surface area contributed by atoms with Crippen LogP contribution in [0.4, 0.5) is 0 Å². The van der Waals surface area contributed by atoms with Crippen LogP contribution in [0.3, 0.4) is 0 Å². The summed E-state index contributed by atoms with van der Waals surface area (Å²) < 4.78 is 2.31. The fourth-order valence-corrected chi connectivity index (χ4v) is 6.66. The molecule has 0 amide bonds. The van der Waals surface area contributed by atoms with E-state index in [-0.39, 0.29) is 0 Å². The average molecular weight is 536 g/mol. The minimum atomic E-state index is -0.429. The lowest BCUT2D eigenvalue weighted by Crippen LogP contribution is -2.29. The Hall–Kier alpha value is -4.15. The second-order valence-electron chi connectivity index (χ2n) is 10.3. The molecule has 1 aromatic heterocycles. The predicted octanol–water partition coefficient (Wildman–Crippen LogP) is 7.05. The van der Waals surface area contributed by atoms with E-state index in [9.17, 15) is 0 Å². The van der Waals surface area contributed by atoms with E-state index in [2.05, 4.69) is 158 Å². The smallest absolute Gasteiger partial charge is 0.241 e. The summed E-state index contributed by atoms with van der Waals surface area (Å²) in [5.41, 5.74) is 11.4. The molecule has 0 atom stereocenters. The van der Waals surface area contributed by atoms with E-state index in [0.29, 0.717) is 5.92 Å². The number of allylic oxidation sites excluding steroid dienone is 1. The van der Waals surface area contributed by atoms with Crippen molar-refractivity contribution in [3.05, 3.63) is 167 Å². The molecular formula is C36H36BN2Si. The fourth-order valence-electron chi connectivity index (χ4n) is 5.18. The number of rotatable bonds is 12. The van der Waals surface area contributed by atoms with E-state index in [0.717, 1.165) is 24.7 Å². The summed E-state index contributed by atoms with van der Waals surface area (Å²) in [6.07, 6.45) is 9.56. The summed E-state index contributed by atoms with van der Waals surface area (Å²) in [6, 6.07) is 42.9. The highest BCUT2D eigenvalue weighted by molar-refractivity contribution is 6.73. The summed E-state index contributed by atoms with van der Waals surface area (Å²) >= 11 is 0. The lowest BCUT2D eigenvalue weighted by molar-refractivity contribution is 0.711. The Labute approximate surface area is 242 Å². The molecule has 0 fully saturated rings. The molecule has 40 heavy (non-hydrogen) atoms. The quantitative estimate of drug-likeness (QED) is 0.124. The summed E-state index contributed by atoms with van der Waals surface area (Å²) in [5, 5.41) is 0. The number of aromatic nitrogens is 2. The zero-order chi connectivity index (χ0) is 27.4. The van der Waals surface area contributed by atoms with Gasteiger partial charge in [0.15, 0.2) is 0 Å². The predicted molar refractivity (Wildman–Crippen MR) is 175 cm³/mol. The first-order chi connectivity index (χ1) is 19.8. The summed E-state index contributed by atoms with van der Waals surface area (Å²) in [6.45, 7) is 2.30. The Balaban J connectivity index is 1.23. The van der Waals surface area contributed by atoms with Crippen LogP contribution in [0.25, 0.3) is 11.5 Å². The molecule has 0 saturated heterocycles. The van der Waals surface area contributed by atoms with E-state index in [1.54, 1.807) is 0 Å². The van der Waals surface area contributed by atoms with Gasteiger partial charge in [-0.15, -0.1) is 5.70 Å². The SMILES string of the molecule is CC(=C[SiH2]Cn1ccnc1[B]C(=Cc1ccccc1)c1ccccc1)CCC(c1ccccc1)c1ccccc1. The van der Waals surface area contributed by atoms with Crippen LogP contribution in [0.5, 0.6) is 0 Å². The Bertz CT molecular complexity index is 1470. The van der Waals surface area contributed by atoms with E-state index in [4.69, 9.17) is 4.98 Å². The van der Waals surface area contributed by atoms with Crippen LogP contribution in [0.15, 0.2) is 145 Å². The third kappa shape index (κ3) is 7.71. The maximum atomic E-state index is 4.72. The Morgan fingerprint density at radius 1 is 0.800 bits per heavy atom. The van der Waals surface area contributed by atoms with Crippen LogP contribution < -0.4 is 5.72 Å². The van der Waals surface area contributed by atoms with Gasteiger partial charge in [0.05, 0.1) is 15.2 Å². The van der Waals surface area contributed by atoms with Crippen molar-refractivity contribution >= 4 is 34.1 Å². The summed E-state index contributed by atoms with van der Waals surface area (Å²) in [4.78, 5) is 4.72. The highest BCUT2D eigenvalue weighted by Gasteiger charge is 2.14. The largest absolute Gasteiger partial charge is 0.346 e. The van der Waals surface area contributed by atoms with Crippen molar-refractivity contribution in [2.45, 2.75) is 31.9 Å². The first-order valence-electron chi connectivity index (χ1n) is 14.2. The summed E-state index contributed by atoms with van der Waals surface area (Å²) in [7, 11) is 1.79. The van der Waals surface area contributed by atoms with Gasteiger partial charge in [0.1, 0.15) is 0 Å². The Morgan fingerprint density at radius 3 is 2.00 bits per heavy atom. The standard InChI is InChI=1S/C36H36BN2Si/c1-29(22-23-34(31-16-8-3-9-17-31)32-18-10-4-11-19-32)27-40-28-39-25-24-38-36(39)37-35(33-20-12-5-13-21-33)26-30-14-6-2-7-15-30/h2-21,24-27,34H,22-23,28,40H2,1H3.